The van der Waals surface area contributed by atoms with Crippen LogP contribution in [0.25, 0.3) is 22.4 Å². The van der Waals surface area contributed by atoms with E-state index in [-0.39, 0.29) is 5.69 Å². The number of furan rings is 1. The van der Waals surface area contributed by atoms with Gasteiger partial charge >= 0.3 is 5.69 Å². The highest BCUT2D eigenvalue weighted by molar-refractivity contribution is 7.80. The fraction of sp³-hybridized carbons (Fsp3) is 0. The molecule has 0 atom stereocenters. The highest BCUT2D eigenvalue weighted by Gasteiger charge is 2.05. The van der Waals surface area contributed by atoms with Gasteiger partial charge in [-0.25, -0.2) is 4.79 Å². The molecule has 0 aliphatic carbocycles. The highest BCUT2D eigenvalue weighted by atomic mass is 32.1. The fourth-order valence-corrected chi connectivity index (χ4v) is 1.84. The van der Waals surface area contributed by atoms with Gasteiger partial charge in [0.2, 0.25) is 0 Å². The third-order valence-electron chi connectivity index (χ3n) is 2.39. The molecule has 3 rings (SSSR count). The van der Waals surface area contributed by atoms with Crippen LogP contribution in [0.1, 0.15) is 0 Å². The van der Waals surface area contributed by atoms with Crippen LogP contribution in [-0.2, 0) is 0 Å². The number of hydrogen-bond acceptors (Lipinski definition) is 3. The van der Waals surface area contributed by atoms with Crippen LogP contribution >= 0.6 is 12.6 Å². The van der Waals surface area contributed by atoms with Crippen LogP contribution in [0.15, 0.2) is 44.6 Å². The minimum absolute atomic E-state index is 0.207. The number of thiol groups is 1. The van der Waals surface area contributed by atoms with Crippen molar-refractivity contribution in [3.8, 4) is 11.3 Å². The van der Waals surface area contributed by atoms with Crippen molar-refractivity contribution in [2.24, 2.45) is 0 Å². The Kier molecular flexibility index (Phi) is 1.94. The van der Waals surface area contributed by atoms with E-state index < -0.39 is 0 Å². The molecule has 0 bridgehead atoms. The first kappa shape index (κ1) is 9.35. The van der Waals surface area contributed by atoms with Gasteiger partial charge in [-0.3, -0.25) is 0 Å². The van der Waals surface area contributed by atoms with Crippen LogP contribution in [0, 0.1) is 0 Å². The first-order chi connectivity index (χ1) is 7.72. The molecule has 0 fully saturated rings. The molecule has 2 heterocycles. The predicted octanol–water partition coefficient (Wildman–Crippen LogP) is 2.40. The molecule has 2 N–H and O–H groups in total. The molecule has 0 radical (unpaired) electrons. The zero-order valence-electron chi connectivity index (χ0n) is 8.15. The summed E-state index contributed by atoms with van der Waals surface area (Å²) in [6.45, 7) is 0. The molecule has 4 nitrogen and oxygen atoms in total. The standard InChI is InChI=1S/C11H8N2O2S/c14-11-12-7-2-1-6(5-8(7)13-11)9-3-4-10(16)15-9/h1-5,16H,(H2,12,13,14). The smallest absolute Gasteiger partial charge is 0.323 e. The Morgan fingerprint density at radius 3 is 2.62 bits per heavy atom. The van der Waals surface area contributed by atoms with E-state index >= 15 is 0 Å². The van der Waals surface area contributed by atoms with Gasteiger partial charge in [0.15, 0.2) is 5.09 Å². The SMILES string of the molecule is O=c1[nH]c2ccc(-c3ccc(S)o3)cc2[nH]1. The van der Waals surface area contributed by atoms with Gasteiger partial charge in [-0.1, -0.05) is 0 Å². The monoisotopic (exact) mass is 232 g/mol. The molecular weight excluding hydrogens is 224 g/mol. The van der Waals surface area contributed by atoms with E-state index in [4.69, 9.17) is 4.42 Å². The maximum absolute atomic E-state index is 11.1. The van der Waals surface area contributed by atoms with Crippen LogP contribution in [-0.4, -0.2) is 9.97 Å². The molecule has 0 saturated carbocycles. The van der Waals surface area contributed by atoms with Crippen LogP contribution in [0.5, 0.6) is 0 Å². The molecule has 1 aromatic carbocycles. The maximum atomic E-state index is 11.1. The molecule has 0 spiro atoms. The van der Waals surface area contributed by atoms with Crippen molar-refractivity contribution in [1.82, 2.24) is 9.97 Å². The number of fused-ring (bicyclic) bond motifs is 1. The second-order valence-corrected chi connectivity index (χ2v) is 3.92. The molecule has 0 aliphatic rings. The summed E-state index contributed by atoms with van der Waals surface area (Å²) >= 11 is 4.10. The Bertz CT molecular complexity index is 708. The van der Waals surface area contributed by atoms with Crippen molar-refractivity contribution in [1.29, 1.82) is 0 Å². The van der Waals surface area contributed by atoms with Crippen LogP contribution in [0.3, 0.4) is 0 Å². The summed E-state index contributed by atoms with van der Waals surface area (Å²) in [4.78, 5) is 16.5. The van der Waals surface area contributed by atoms with E-state index in [2.05, 4.69) is 22.6 Å². The third-order valence-corrected chi connectivity index (χ3v) is 2.63. The Balaban J connectivity index is 2.21. The molecule has 2 aromatic heterocycles. The van der Waals surface area contributed by atoms with Gasteiger partial charge in [0.05, 0.1) is 11.0 Å². The predicted molar refractivity (Wildman–Crippen MR) is 63.9 cm³/mol. The second-order valence-electron chi connectivity index (χ2n) is 3.48. The van der Waals surface area contributed by atoms with Crippen molar-refractivity contribution in [3.05, 3.63) is 40.8 Å². The number of hydrogen-bond donors (Lipinski definition) is 3. The van der Waals surface area contributed by atoms with Crippen LogP contribution < -0.4 is 5.69 Å². The van der Waals surface area contributed by atoms with Gasteiger partial charge < -0.3 is 14.4 Å². The molecule has 0 amide bonds. The van der Waals surface area contributed by atoms with Crippen LogP contribution in [0.4, 0.5) is 0 Å². The van der Waals surface area contributed by atoms with Crippen molar-refractivity contribution in [3.63, 3.8) is 0 Å². The maximum Gasteiger partial charge on any atom is 0.323 e. The zero-order valence-corrected chi connectivity index (χ0v) is 9.04. The molecule has 5 heteroatoms. The Labute approximate surface area is 95.7 Å². The van der Waals surface area contributed by atoms with Gasteiger partial charge in [-0.2, -0.15) is 0 Å². The summed E-state index contributed by atoms with van der Waals surface area (Å²) in [6, 6.07) is 9.21. The third kappa shape index (κ3) is 1.45. The average molecular weight is 232 g/mol. The molecule has 3 aromatic rings. The lowest BCUT2D eigenvalue weighted by Crippen LogP contribution is -1.99. The zero-order chi connectivity index (χ0) is 11.1. The molecule has 0 saturated heterocycles. The number of nitrogens with one attached hydrogen (secondary N) is 2. The van der Waals surface area contributed by atoms with E-state index in [0.29, 0.717) is 5.09 Å². The number of aromatic amines is 2. The van der Waals surface area contributed by atoms with E-state index in [1.807, 2.05) is 24.3 Å². The van der Waals surface area contributed by atoms with Crippen molar-refractivity contribution < 1.29 is 4.42 Å². The molecular formula is C11H8N2O2S. The van der Waals surface area contributed by atoms with Gasteiger partial charge in [0.1, 0.15) is 5.76 Å². The minimum Gasteiger partial charge on any atom is -0.450 e. The molecule has 0 unspecified atom stereocenters. The lowest BCUT2D eigenvalue weighted by Gasteiger charge is -1.96. The van der Waals surface area contributed by atoms with E-state index in [1.54, 1.807) is 6.07 Å². The van der Waals surface area contributed by atoms with Gasteiger partial charge in [0.25, 0.3) is 0 Å². The average Bonchev–Trinajstić information content (AvgIpc) is 2.81. The highest BCUT2D eigenvalue weighted by Crippen LogP contribution is 2.25. The molecule has 80 valence electrons. The number of rotatable bonds is 1. The molecule has 0 aliphatic heterocycles. The number of imidazole rings is 1. The lowest BCUT2D eigenvalue weighted by atomic mass is 10.1. The largest absolute Gasteiger partial charge is 0.450 e. The van der Waals surface area contributed by atoms with Crippen molar-refractivity contribution >= 4 is 23.7 Å². The lowest BCUT2D eigenvalue weighted by molar-refractivity contribution is 0.490. The minimum atomic E-state index is -0.207. The Morgan fingerprint density at radius 1 is 1.06 bits per heavy atom. The second kappa shape index (κ2) is 3.31. The van der Waals surface area contributed by atoms with Gasteiger partial charge in [-0.15, -0.1) is 12.6 Å². The summed E-state index contributed by atoms with van der Waals surface area (Å²) in [7, 11) is 0. The normalized spacial score (nSPS) is 11.1. The first-order valence-electron chi connectivity index (χ1n) is 4.73. The van der Waals surface area contributed by atoms with E-state index in [1.165, 1.54) is 0 Å². The van der Waals surface area contributed by atoms with Crippen molar-refractivity contribution in [2.45, 2.75) is 5.09 Å². The number of benzene rings is 1. The quantitative estimate of drug-likeness (QED) is 0.564. The first-order valence-corrected chi connectivity index (χ1v) is 5.18. The summed E-state index contributed by atoms with van der Waals surface area (Å²) in [5.74, 6) is 0.731. The Hall–Kier alpha value is -1.88. The summed E-state index contributed by atoms with van der Waals surface area (Å²) in [5.41, 5.74) is 2.25. The van der Waals surface area contributed by atoms with E-state index in [0.717, 1.165) is 22.4 Å². The van der Waals surface area contributed by atoms with Gasteiger partial charge in [-0.05, 0) is 30.3 Å². The number of aromatic nitrogens is 2. The summed E-state index contributed by atoms with van der Waals surface area (Å²) in [6.07, 6.45) is 0. The van der Waals surface area contributed by atoms with Crippen LogP contribution in [0.2, 0.25) is 0 Å². The van der Waals surface area contributed by atoms with E-state index in [9.17, 15) is 4.79 Å². The van der Waals surface area contributed by atoms with Crippen molar-refractivity contribution in [2.75, 3.05) is 0 Å². The number of H-pyrrole nitrogens is 2. The summed E-state index contributed by atoms with van der Waals surface area (Å²) in [5, 5.41) is 0.567. The topological polar surface area (TPSA) is 61.8 Å². The Morgan fingerprint density at radius 2 is 1.88 bits per heavy atom. The molecule has 16 heavy (non-hydrogen) atoms. The fourth-order valence-electron chi connectivity index (χ4n) is 1.67. The van der Waals surface area contributed by atoms with Gasteiger partial charge in [0, 0.05) is 5.56 Å². The summed E-state index contributed by atoms with van der Waals surface area (Å²) < 4.78 is 5.39.